The molecule has 1 fully saturated rings. The topological polar surface area (TPSA) is 77.4 Å². The molecule has 1 aliphatic rings. The molecule has 0 aliphatic heterocycles. The number of aromatic nitrogens is 1. The Hall–Kier alpha value is -2.11. The molecule has 1 saturated carbocycles. The van der Waals surface area contributed by atoms with Gasteiger partial charge in [-0.15, -0.1) is 0 Å². The van der Waals surface area contributed by atoms with Gasteiger partial charge in [0.15, 0.2) is 0 Å². The fourth-order valence-corrected chi connectivity index (χ4v) is 2.30. The lowest BCUT2D eigenvalue weighted by atomic mass is 10.1. The summed E-state index contributed by atoms with van der Waals surface area (Å²) in [7, 11) is 1.24. The van der Waals surface area contributed by atoms with E-state index in [1.165, 1.54) is 7.11 Å². The summed E-state index contributed by atoms with van der Waals surface area (Å²) in [6.07, 6.45) is 2.26. The van der Waals surface area contributed by atoms with Crippen LogP contribution in [0.15, 0.2) is 10.9 Å². The molecule has 1 heterocycles. The van der Waals surface area contributed by atoms with Crippen LogP contribution < -0.4 is 10.9 Å². The van der Waals surface area contributed by atoms with Gasteiger partial charge in [-0.05, 0) is 44.2 Å². The smallest absolute Gasteiger partial charge is 0.325 e. The Morgan fingerprint density at radius 1 is 1.38 bits per heavy atom. The van der Waals surface area contributed by atoms with Gasteiger partial charge >= 0.3 is 5.97 Å². The second-order valence-corrected chi connectivity index (χ2v) is 5.46. The van der Waals surface area contributed by atoms with Gasteiger partial charge < -0.3 is 14.6 Å². The number of amides is 1. The molecular weight excluding hydrogens is 272 g/mol. The Bertz CT molecular complexity index is 629. The van der Waals surface area contributed by atoms with Crippen molar-refractivity contribution >= 4 is 11.9 Å². The van der Waals surface area contributed by atoms with Crippen LogP contribution in [0.5, 0.6) is 0 Å². The number of pyridine rings is 1. The predicted molar refractivity (Wildman–Crippen MR) is 77.2 cm³/mol. The summed E-state index contributed by atoms with van der Waals surface area (Å²) in [5.74, 6) is -0.547. The number of ether oxygens (including phenoxy) is 1. The van der Waals surface area contributed by atoms with Crippen molar-refractivity contribution in [2.45, 2.75) is 33.2 Å². The van der Waals surface area contributed by atoms with Crippen LogP contribution in [-0.4, -0.2) is 30.1 Å². The molecule has 0 aromatic carbocycles. The maximum absolute atomic E-state index is 12.5. The Labute approximate surface area is 123 Å². The molecule has 1 aliphatic carbocycles. The van der Waals surface area contributed by atoms with Crippen molar-refractivity contribution < 1.29 is 14.3 Å². The molecular formula is C15H20N2O4. The van der Waals surface area contributed by atoms with E-state index in [-0.39, 0.29) is 17.7 Å². The highest BCUT2D eigenvalue weighted by atomic mass is 16.5. The maximum Gasteiger partial charge on any atom is 0.325 e. The minimum Gasteiger partial charge on any atom is -0.468 e. The van der Waals surface area contributed by atoms with Crippen LogP contribution in [0.2, 0.25) is 0 Å². The normalized spacial score (nSPS) is 13.9. The first-order valence-corrected chi connectivity index (χ1v) is 7.00. The van der Waals surface area contributed by atoms with Crippen LogP contribution in [0.1, 0.15) is 34.5 Å². The van der Waals surface area contributed by atoms with Gasteiger partial charge in [-0.1, -0.05) is 0 Å². The third-order valence-corrected chi connectivity index (χ3v) is 3.69. The van der Waals surface area contributed by atoms with E-state index in [2.05, 4.69) is 10.1 Å². The van der Waals surface area contributed by atoms with Crippen molar-refractivity contribution in [3.8, 4) is 0 Å². The Balaban J connectivity index is 2.27. The molecule has 0 saturated heterocycles. The molecule has 0 bridgehead atoms. The number of hydrogen-bond acceptors (Lipinski definition) is 4. The van der Waals surface area contributed by atoms with Crippen molar-refractivity contribution in [2.24, 2.45) is 5.92 Å². The van der Waals surface area contributed by atoms with Crippen molar-refractivity contribution in [3.63, 3.8) is 0 Å². The van der Waals surface area contributed by atoms with Crippen molar-refractivity contribution in [2.75, 3.05) is 13.7 Å². The molecule has 1 amide bonds. The molecule has 0 unspecified atom stereocenters. The van der Waals surface area contributed by atoms with E-state index in [1.54, 1.807) is 11.5 Å². The number of esters is 1. The zero-order chi connectivity index (χ0) is 15.6. The minimum absolute atomic E-state index is 0.102. The Morgan fingerprint density at radius 3 is 2.62 bits per heavy atom. The molecule has 0 spiro atoms. The first kappa shape index (κ1) is 15.3. The van der Waals surface area contributed by atoms with Gasteiger partial charge in [-0.25, -0.2) is 0 Å². The van der Waals surface area contributed by atoms with E-state index in [4.69, 9.17) is 0 Å². The lowest BCUT2D eigenvalue weighted by Crippen LogP contribution is -2.37. The molecule has 1 aromatic heterocycles. The number of aryl methyl sites for hydroxylation is 2. The zero-order valence-corrected chi connectivity index (χ0v) is 12.6. The Kier molecular flexibility index (Phi) is 4.45. The molecule has 21 heavy (non-hydrogen) atoms. The predicted octanol–water partition coefficient (Wildman–Crippen LogP) is 0.778. The molecule has 114 valence electrons. The molecule has 6 nitrogen and oxygen atoms in total. The first-order valence-electron chi connectivity index (χ1n) is 7.00. The fraction of sp³-hybridized carbons (Fsp3) is 0.533. The number of hydrogen-bond donors (Lipinski definition) is 1. The maximum atomic E-state index is 12.5. The highest BCUT2D eigenvalue weighted by Gasteiger charge is 2.25. The van der Waals surface area contributed by atoms with Crippen LogP contribution in [0.3, 0.4) is 0 Å². The summed E-state index contributed by atoms with van der Waals surface area (Å²) in [5, 5.41) is 2.42. The highest BCUT2D eigenvalue weighted by molar-refractivity contribution is 5.96. The van der Waals surface area contributed by atoms with E-state index in [9.17, 15) is 14.4 Å². The molecule has 6 heteroatoms. The lowest BCUT2D eigenvalue weighted by Gasteiger charge is -2.14. The van der Waals surface area contributed by atoms with Gasteiger partial charge in [0.2, 0.25) is 0 Å². The molecule has 1 aromatic rings. The van der Waals surface area contributed by atoms with Gasteiger partial charge in [-0.2, -0.15) is 0 Å². The molecule has 0 atom stereocenters. The summed E-state index contributed by atoms with van der Waals surface area (Å²) in [6, 6.07) is 1.83. The van der Waals surface area contributed by atoms with Gasteiger partial charge in [0.05, 0.1) is 7.11 Å². The monoisotopic (exact) mass is 292 g/mol. The summed E-state index contributed by atoms with van der Waals surface area (Å²) in [5.41, 5.74) is 1.28. The van der Waals surface area contributed by atoms with Gasteiger partial charge in [-0.3, -0.25) is 14.4 Å². The van der Waals surface area contributed by atoms with Crippen LogP contribution in [0, 0.1) is 19.8 Å². The minimum atomic E-state index is -0.550. The summed E-state index contributed by atoms with van der Waals surface area (Å²) in [6.45, 7) is 4.00. The zero-order valence-electron chi connectivity index (χ0n) is 12.6. The molecule has 2 rings (SSSR count). The van der Waals surface area contributed by atoms with Crippen LogP contribution in [0.4, 0.5) is 0 Å². The quantitative estimate of drug-likeness (QED) is 0.814. The third kappa shape index (κ3) is 3.51. The Morgan fingerprint density at radius 2 is 2.05 bits per heavy atom. The average molecular weight is 292 g/mol. The van der Waals surface area contributed by atoms with Gasteiger partial charge in [0.25, 0.3) is 11.5 Å². The summed E-state index contributed by atoms with van der Waals surface area (Å²) >= 11 is 0. The third-order valence-electron chi connectivity index (χ3n) is 3.69. The second kappa shape index (κ2) is 6.11. The number of nitrogens with one attached hydrogen (secondary N) is 1. The number of methoxy groups -OCH3 is 1. The van der Waals surface area contributed by atoms with E-state index in [1.807, 2.05) is 13.0 Å². The first-order chi connectivity index (χ1) is 9.93. The van der Waals surface area contributed by atoms with E-state index in [0.717, 1.165) is 18.5 Å². The standard InChI is InChI=1S/C15H20N2O4/c1-9-6-10(2)17(8-11-4-5-11)15(20)13(9)14(19)16-7-12(18)21-3/h6,11H,4-5,7-8H2,1-3H3,(H,16,19). The summed E-state index contributed by atoms with van der Waals surface area (Å²) in [4.78, 5) is 35.7. The average Bonchev–Trinajstić information content (AvgIpc) is 3.24. The molecule has 0 radical (unpaired) electrons. The summed E-state index contributed by atoms with van der Waals surface area (Å²) < 4.78 is 6.11. The lowest BCUT2D eigenvalue weighted by molar-refractivity contribution is -0.139. The van der Waals surface area contributed by atoms with Crippen LogP contribution >= 0.6 is 0 Å². The van der Waals surface area contributed by atoms with Crippen molar-refractivity contribution in [1.29, 1.82) is 0 Å². The molecule has 1 N–H and O–H groups in total. The van der Waals surface area contributed by atoms with Gasteiger partial charge in [0.1, 0.15) is 12.1 Å². The number of rotatable bonds is 5. The fourth-order valence-electron chi connectivity index (χ4n) is 2.30. The van der Waals surface area contributed by atoms with E-state index < -0.39 is 11.9 Å². The highest BCUT2D eigenvalue weighted by Crippen LogP contribution is 2.30. The largest absolute Gasteiger partial charge is 0.468 e. The number of nitrogens with zero attached hydrogens (tertiary/aromatic N) is 1. The van der Waals surface area contributed by atoms with E-state index >= 15 is 0 Å². The number of carbonyl (C=O) groups excluding carboxylic acids is 2. The van der Waals surface area contributed by atoms with E-state index in [0.29, 0.717) is 18.0 Å². The second-order valence-electron chi connectivity index (χ2n) is 5.46. The van der Waals surface area contributed by atoms with Crippen molar-refractivity contribution in [3.05, 3.63) is 33.2 Å². The SMILES string of the molecule is COC(=O)CNC(=O)c1c(C)cc(C)n(CC2CC2)c1=O. The van der Waals surface area contributed by atoms with Gasteiger partial charge in [0, 0.05) is 12.2 Å². The number of carbonyl (C=O) groups is 2. The van der Waals surface area contributed by atoms with Crippen molar-refractivity contribution in [1.82, 2.24) is 9.88 Å². The van der Waals surface area contributed by atoms with Crippen LogP contribution in [-0.2, 0) is 16.1 Å². The van der Waals surface area contributed by atoms with Crippen LogP contribution in [0.25, 0.3) is 0 Å².